The molecule has 2 heterocycles. The van der Waals surface area contributed by atoms with E-state index in [1.807, 2.05) is 13.8 Å². The normalized spacial score (nSPS) is 40.5. The van der Waals surface area contributed by atoms with E-state index in [9.17, 15) is 14.4 Å². The molecule has 0 N–H and O–H groups in total. The Morgan fingerprint density at radius 1 is 1.28 bits per heavy atom. The maximum Gasteiger partial charge on any atom is 0.334 e. The quantitative estimate of drug-likeness (QED) is 0.235. The van der Waals surface area contributed by atoms with Gasteiger partial charge in [-0.2, -0.15) is 0 Å². The van der Waals surface area contributed by atoms with Crippen LogP contribution < -0.4 is 0 Å². The molecule has 0 spiro atoms. The van der Waals surface area contributed by atoms with Gasteiger partial charge in [-0.1, -0.05) is 18.2 Å². The van der Waals surface area contributed by atoms with Crippen LogP contribution in [0.3, 0.4) is 0 Å². The van der Waals surface area contributed by atoms with E-state index in [-0.39, 0.29) is 17.6 Å². The molecular weight excluding hydrogens is 376 g/mol. The van der Waals surface area contributed by atoms with Crippen molar-refractivity contribution < 1.29 is 33.3 Å². The maximum absolute atomic E-state index is 12.6. The zero-order valence-corrected chi connectivity index (χ0v) is 17.3. The smallest absolute Gasteiger partial charge is 0.334 e. The summed E-state index contributed by atoms with van der Waals surface area (Å²) in [6.45, 7) is 12.5. The molecule has 0 aromatic heterocycles. The Kier molecular flexibility index (Phi) is 4.49. The summed E-state index contributed by atoms with van der Waals surface area (Å²) in [5.74, 6) is -2.34. The molecule has 7 atom stereocenters. The average Bonchev–Trinajstić information content (AvgIpc) is 3.12. The third-order valence-electron chi connectivity index (χ3n) is 6.84. The van der Waals surface area contributed by atoms with Gasteiger partial charge in [0.05, 0.1) is 12.0 Å². The van der Waals surface area contributed by atoms with Crippen molar-refractivity contribution in [1.82, 2.24) is 0 Å². The number of carbonyl (C=O) groups excluding carboxylic acids is 3. The summed E-state index contributed by atoms with van der Waals surface area (Å²) in [5, 5.41) is 0. The first-order valence-electron chi connectivity index (χ1n) is 9.88. The summed E-state index contributed by atoms with van der Waals surface area (Å²) in [5.41, 5.74) is 2.11. The van der Waals surface area contributed by atoms with E-state index < -0.39 is 47.7 Å². The molecule has 3 fully saturated rings. The van der Waals surface area contributed by atoms with Gasteiger partial charge in [-0.25, -0.2) is 9.59 Å². The van der Waals surface area contributed by atoms with E-state index in [4.69, 9.17) is 18.9 Å². The van der Waals surface area contributed by atoms with Gasteiger partial charge in [0.2, 0.25) is 0 Å². The van der Waals surface area contributed by atoms with Crippen LogP contribution in [0.5, 0.6) is 0 Å². The number of hydrogen-bond donors (Lipinski definition) is 0. The van der Waals surface area contributed by atoms with E-state index in [1.54, 1.807) is 19.9 Å². The van der Waals surface area contributed by atoms with Gasteiger partial charge in [0.15, 0.2) is 12.2 Å². The van der Waals surface area contributed by atoms with Crippen molar-refractivity contribution in [2.45, 2.75) is 71.1 Å². The molecule has 4 aliphatic rings. The molecule has 2 aliphatic heterocycles. The van der Waals surface area contributed by atoms with E-state index in [1.165, 1.54) is 6.92 Å². The van der Waals surface area contributed by atoms with Crippen LogP contribution in [-0.4, -0.2) is 47.9 Å². The van der Waals surface area contributed by atoms with Crippen LogP contribution in [0.2, 0.25) is 0 Å². The second-order valence-corrected chi connectivity index (χ2v) is 8.47. The number of epoxide rings is 1. The molecule has 7 nitrogen and oxygen atoms in total. The number of esters is 3. The predicted octanol–water partition coefficient (Wildman–Crippen LogP) is 2.40. The second kappa shape index (κ2) is 6.55. The molecule has 156 valence electrons. The van der Waals surface area contributed by atoms with Crippen molar-refractivity contribution in [3.8, 4) is 0 Å². The van der Waals surface area contributed by atoms with Crippen LogP contribution in [0, 0.1) is 11.8 Å². The summed E-state index contributed by atoms with van der Waals surface area (Å²) in [6, 6.07) is 0. The van der Waals surface area contributed by atoms with E-state index in [0.717, 1.165) is 11.1 Å². The van der Waals surface area contributed by atoms with Gasteiger partial charge in [-0.3, -0.25) is 4.79 Å². The van der Waals surface area contributed by atoms with Crippen molar-refractivity contribution in [2.24, 2.45) is 11.8 Å². The van der Waals surface area contributed by atoms with Gasteiger partial charge >= 0.3 is 17.9 Å². The minimum Gasteiger partial charge on any atom is -0.457 e. The monoisotopic (exact) mass is 402 g/mol. The first-order chi connectivity index (χ1) is 13.6. The van der Waals surface area contributed by atoms with Crippen molar-refractivity contribution in [3.05, 3.63) is 34.9 Å². The highest BCUT2D eigenvalue weighted by Crippen LogP contribution is 2.62. The molecule has 0 aromatic carbocycles. The molecule has 0 radical (unpaired) electrons. The van der Waals surface area contributed by atoms with E-state index in [2.05, 4.69) is 6.58 Å². The topological polar surface area (TPSA) is 91.4 Å². The van der Waals surface area contributed by atoms with Gasteiger partial charge in [0.1, 0.15) is 11.7 Å². The zero-order chi connectivity index (χ0) is 21.2. The highest BCUT2D eigenvalue weighted by molar-refractivity contribution is 5.91. The lowest BCUT2D eigenvalue weighted by Gasteiger charge is -2.32. The number of ether oxygens (including phenoxy) is 4. The van der Waals surface area contributed by atoms with Crippen molar-refractivity contribution in [1.29, 1.82) is 0 Å². The number of hydrogen-bond acceptors (Lipinski definition) is 7. The Balaban J connectivity index is 1.84. The highest BCUT2D eigenvalue weighted by atomic mass is 16.6. The van der Waals surface area contributed by atoms with Crippen molar-refractivity contribution in [3.63, 3.8) is 0 Å². The molecule has 2 saturated heterocycles. The Labute approximate surface area is 169 Å². The van der Waals surface area contributed by atoms with Crippen LogP contribution in [-0.2, 0) is 33.3 Å². The molecule has 2 aliphatic carbocycles. The second-order valence-electron chi connectivity index (χ2n) is 8.47. The maximum atomic E-state index is 12.6. The minimum absolute atomic E-state index is 0.0459. The van der Waals surface area contributed by atoms with Crippen LogP contribution in [0.4, 0.5) is 0 Å². The van der Waals surface area contributed by atoms with Gasteiger partial charge < -0.3 is 18.9 Å². The van der Waals surface area contributed by atoms with Gasteiger partial charge in [-0.05, 0) is 39.7 Å². The summed E-state index contributed by atoms with van der Waals surface area (Å²) in [4.78, 5) is 37.0. The molecular formula is C22H26O7. The molecule has 0 amide bonds. The lowest BCUT2D eigenvalue weighted by molar-refractivity contribution is -0.166. The highest BCUT2D eigenvalue weighted by Gasteiger charge is 2.71. The predicted molar refractivity (Wildman–Crippen MR) is 101 cm³/mol. The fraction of sp³-hybridized carbons (Fsp3) is 0.591. The Morgan fingerprint density at radius 3 is 2.59 bits per heavy atom. The Hall–Kier alpha value is -2.41. The number of fused-ring (bicyclic) bond motifs is 5. The molecule has 0 unspecified atom stereocenters. The number of carbonyl (C=O) groups is 3. The molecule has 29 heavy (non-hydrogen) atoms. The largest absolute Gasteiger partial charge is 0.457 e. The number of allylic oxidation sites excluding steroid dienone is 1. The van der Waals surface area contributed by atoms with Crippen molar-refractivity contribution in [2.75, 3.05) is 0 Å². The molecule has 0 aromatic rings. The molecule has 7 heteroatoms. The van der Waals surface area contributed by atoms with Gasteiger partial charge in [-0.15, -0.1) is 0 Å². The third kappa shape index (κ3) is 2.86. The molecule has 4 rings (SSSR count). The zero-order valence-electron chi connectivity index (χ0n) is 17.3. The summed E-state index contributed by atoms with van der Waals surface area (Å²) in [6.07, 6.45) is 0.0706. The van der Waals surface area contributed by atoms with Gasteiger partial charge in [0, 0.05) is 24.0 Å². The fourth-order valence-corrected chi connectivity index (χ4v) is 5.09. The van der Waals surface area contributed by atoms with E-state index in [0.29, 0.717) is 12.0 Å². The molecule has 1 saturated carbocycles. The Bertz CT molecular complexity index is 882. The average molecular weight is 402 g/mol. The lowest BCUT2D eigenvalue weighted by atomic mass is 9.80. The van der Waals surface area contributed by atoms with E-state index >= 15 is 0 Å². The standard InChI is InChI=1S/C22H26O7/c1-7-9(2)20(24)27-17-10(3)13-8-14-22(6,29-14)16(13)18-15(11(4)21(25)28-18)19(17)26-12(5)23/h7,14-19H,4,8H2,1-3,5-6H3/b9-7-/t14-,15-,16-,17+,18-,19+,22-/m0/s1. The lowest BCUT2D eigenvalue weighted by Crippen LogP contribution is -2.45. The van der Waals surface area contributed by atoms with Crippen LogP contribution in [0.1, 0.15) is 41.0 Å². The minimum atomic E-state index is -0.899. The van der Waals surface area contributed by atoms with Gasteiger partial charge in [0.25, 0.3) is 0 Å². The van der Waals surface area contributed by atoms with Crippen LogP contribution in [0.25, 0.3) is 0 Å². The SMILES string of the molecule is C=C1C(=O)O[C@H]2[C@H]1[C@@H](OC(C)=O)[C@H](OC(=O)/C(C)=C\C)C(C)=C1C[C@@H]3O[C@]3(C)[C@@H]12. The fourth-order valence-electron chi connectivity index (χ4n) is 5.09. The first kappa shape index (κ1) is 19.9. The van der Waals surface area contributed by atoms with Crippen LogP contribution >= 0.6 is 0 Å². The summed E-state index contributed by atoms with van der Waals surface area (Å²) in [7, 11) is 0. The molecule has 0 bridgehead atoms. The van der Waals surface area contributed by atoms with Crippen molar-refractivity contribution >= 4 is 17.9 Å². The number of rotatable bonds is 3. The Morgan fingerprint density at radius 2 is 1.97 bits per heavy atom. The summed E-state index contributed by atoms with van der Waals surface area (Å²) < 4.78 is 23.1. The van der Waals surface area contributed by atoms with Crippen LogP contribution in [0.15, 0.2) is 34.9 Å². The summed E-state index contributed by atoms with van der Waals surface area (Å²) >= 11 is 0. The first-order valence-corrected chi connectivity index (χ1v) is 9.88. The third-order valence-corrected chi connectivity index (χ3v) is 6.84.